The van der Waals surface area contributed by atoms with Crippen molar-refractivity contribution in [3.63, 3.8) is 0 Å². The van der Waals surface area contributed by atoms with Crippen molar-refractivity contribution in [3.8, 4) is 5.75 Å². The summed E-state index contributed by atoms with van der Waals surface area (Å²) in [4.78, 5) is 0. The van der Waals surface area contributed by atoms with E-state index in [-0.39, 0.29) is 0 Å². The molecule has 0 aromatic heterocycles. The van der Waals surface area contributed by atoms with Crippen LogP contribution in [-0.4, -0.2) is 18.3 Å². The molecule has 18 heavy (non-hydrogen) atoms. The van der Waals surface area contributed by atoms with E-state index in [9.17, 15) is 5.11 Å². The Hall–Kier alpha value is -2.00. The number of rotatable bonds is 4. The molecule has 1 aromatic rings. The molecule has 1 atom stereocenters. The van der Waals surface area contributed by atoms with Crippen LogP contribution in [0.1, 0.15) is 5.56 Å². The summed E-state index contributed by atoms with van der Waals surface area (Å²) in [6.45, 7) is 0.720. The van der Waals surface area contributed by atoms with Crippen molar-refractivity contribution >= 4 is 0 Å². The second kappa shape index (κ2) is 6.07. The number of ether oxygens (including phenoxy) is 1. The van der Waals surface area contributed by atoms with Gasteiger partial charge in [0.15, 0.2) is 0 Å². The molecule has 0 radical (unpaired) electrons. The van der Waals surface area contributed by atoms with Gasteiger partial charge in [-0.05, 0) is 17.7 Å². The van der Waals surface area contributed by atoms with Crippen LogP contribution in [0.25, 0.3) is 0 Å². The van der Waals surface area contributed by atoms with Crippen molar-refractivity contribution in [2.45, 2.75) is 12.6 Å². The summed E-state index contributed by atoms with van der Waals surface area (Å²) in [6.07, 6.45) is 8.72. The minimum Gasteiger partial charge on any atom is -0.497 e. The van der Waals surface area contributed by atoms with Gasteiger partial charge in [-0.1, -0.05) is 36.4 Å². The first-order valence-electron chi connectivity index (χ1n) is 5.89. The Morgan fingerprint density at radius 3 is 2.72 bits per heavy atom. The predicted molar refractivity (Wildman–Crippen MR) is 72.2 cm³/mol. The van der Waals surface area contributed by atoms with Crippen LogP contribution in [0.2, 0.25) is 0 Å². The highest BCUT2D eigenvalue weighted by atomic mass is 16.5. The molecule has 94 valence electrons. The van der Waals surface area contributed by atoms with E-state index >= 15 is 0 Å². The second-order valence-electron chi connectivity index (χ2n) is 4.06. The molecule has 0 saturated heterocycles. The second-order valence-corrected chi connectivity index (χ2v) is 4.06. The van der Waals surface area contributed by atoms with Gasteiger partial charge in [0.2, 0.25) is 0 Å². The number of methoxy groups -OCH3 is 1. The highest BCUT2D eigenvalue weighted by molar-refractivity contribution is 5.34. The quantitative estimate of drug-likeness (QED) is 0.851. The van der Waals surface area contributed by atoms with Crippen LogP contribution in [-0.2, 0) is 6.54 Å². The monoisotopic (exact) mass is 243 g/mol. The van der Waals surface area contributed by atoms with Crippen LogP contribution >= 0.6 is 0 Å². The molecule has 1 aliphatic rings. The highest BCUT2D eigenvalue weighted by Gasteiger charge is 2.05. The normalized spacial score (nSPS) is 20.1. The summed E-state index contributed by atoms with van der Waals surface area (Å²) >= 11 is 0. The molecule has 0 aliphatic heterocycles. The first kappa shape index (κ1) is 12.5. The number of aliphatic hydroxyl groups excluding tert-OH is 1. The maximum Gasteiger partial charge on any atom is 0.118 e. The number of allylic oxidation sites excluding steroid dienone is 2. The minimum atomic E-state index is -0.515. The van der Waals surface area contributed by atoms with E-state index < -0.39 is 6.10 Å². The maximum absolute atomic E-state index is 9.67. The fourth-order valence-corrected chi connectivity index (χ4v) is 1.71. The molecule has 0 heterocycles. The van der Waals surface area contributed by atoms with Crippen LogP contribution in [0.4, 0.5) is 0 Å². The SMILES string of the molecule is COc1ccc(CNC=C2C=CC=CC2O)cc1. The Morgan fingerprint density at radius 2 is 2.06 bits per heavy atom. The summed E-state index contributed by atoms with van der Waals surface area (Å²) in [6, 6.07) is 7.89. The number of aliphatic hydroxyl groups is 1. The summed E-state index contributed by atoms with van der Waals surface area (Å²) in [5.41, 5.74) is 2.03. The highest BCUT2D eigenvalue weighted by Crippen LogP contribution is 2.12. The van der Waals surface area contributed by atoms with Crippen LogP contribution in [0.15, 0.2) is 60.3 Å². The van der Waals surface area contributed by atoms with Gasteiger partial charge in [0.05, 0.1) is 13.2 Å². The van der Waals surface area contributed by atoms with Crippen LogP contribution < -0.4 is 10.1 Å². The Morgan fingerprint density at radius 1 is 1.28 bits per heavy atom. The molecule has 0 bridgehead atoms. The molecule has 0 saturated carbocycles. The van der Waals surface area contributed by atoms with Gasteiger partial charge in [-0.3, -0.25) is 0 Å². The third kappa shape index (κ3) is 3.25. The van der Waals surface area contributed by atoms with Gasteiger partial charge in [-0.2, -0.15) is 0 Å². The summed E-state index contributed by atoms with van der Waals surface area (Å²) in [5, 5.41) is 12.9. The molecule has 3 heteroatoms. The Balaban J connectivity index is 1.89. The van der Waals surface area contributed by atoms with Gasteiger partial charge < -0.3 is 15.2 Å². The Kier molecular flexibility index (Phi) is 4.20. The van der Waals surface area contributed by atoms with Gasteiger partial charge in [-0.15, -0.1) is 0 Å². The Labute approximate surface area is 107 Å². The van der Waals surface area contributed by atoms with Gasteiger partial charge >= 0.3 is 0 Å². The summed E-state index contributed by atoms with van der Waals surface area (Å²) < 4.78 is 5.10. The molecule has 1 unspecified atom stereocenters. The first-order chi connectivity index (χ1) is 8.79. The fourth-order valence-electron chi connectivity index (χ4n) is 1.71. The molecule has 1 aliphatic carbocycles. The molecular weight excluding hydrogens is 226 g/mol. The molecule has 0 spiro atoms. The van der Waals surface area contributed by atoms with E-state index in [1.165, 1.54) is 0 Å². The first-order valence-corrected chi connectivity index (χ1v) is 5.89. The third-order valence-electron chi connectivity index (χ3n) is 2.77. The predicted octanol–water partition coefficient (Wildman–Crippen LogP) is 2.16. The summed E-state index contributed by atoms with van der Waals surface area (Å²) in [7, 11) is 1.65. The number of hydrogen-bond donors (Lipinski definition) is 2. The molecular formula is C15H17NO2. The van der Waals surface area contributed by atoms with Crippen molar-refractivity contribution in [3.05, 3.63) is 65.9 Å². The molecule has 0 fully saturated rings. The zero-order valence-electron chi connectivity index (χ0n) is 10.3. The molecule has 0 amide bonds. The van der Waals surface area contributed by atoms with Gasteiger partial charge in [0.1, 0.15) is 5.75 Å². The molecule has 3 nitrogen and oxygen atoms in total. The van der Waals surface area contributed by atoms with Crippen molar-refractivity contribution in [2.75, 3.05) is 7.11 Å². The van der Waals surface area contributed by atoms with Gasteiger partial charge in [0, 0.05) is 18.3 Å². The van der Waals surface area contributed by atoms with Gasteiger partial charge in [0.25, 0.3) is 0 Å². The number of benzene rings is 1. The lowest BCUT2D eigenvalue weighted by molar-refractivity contribution is 0.261. The fraction of sp³-hybridized carbons (Fsp3) is 0.200. The van der Waals surface area contributed by atoms with Crippen molar-refractivity contribution in [1.29, 1.82) is 0 Å². The zero-order valence-corrected chi connectivity index (χ0v) is 10.3. The van der Waals surface area contributed by atoms with E-state index in [0.717, 1.165) is 23.4 Å². The average Bonchev–Trinajstić information content (AvgIpc) is 2.42. The average molecular weight is 243 g/mol. The Bertz CT molecular complexity index is 472. The molecule has 2 N–H and O–H groups in total. The minimum absolute atomic E-state index is 0.515. The smallest absolute Gasteiger partial charge is 0.118 e. The van der Waals surface area contributed by atoms with Crippen LogP contribution in [0.3, 0.4) is 0 Å². The van der Waals surface area contributed by atoms with Crippen molar-refractivity contribution in [1.82, 2.24) is 5.32 Å². The van der Waals surface area contributed by atoms with Crippen LogP contribution in [0, 0.1) is 0 Å². The zero-order chi connectivity index (χ0) is 12.8. The summed E-state index contributed by atoms with van der Waals surface area (Å²) in [5.74, 6) is 0.855. The largest absolute Gasteiger partial charge is 0.497 e. The lowest BCUT2D eigenvalue weighted by Crippen LogP contribution is -2.12. The lowest BCUT2D eigenvalue weighted by atomic mass is 10.1. The maximum atomic E-state index is 9.67. The molecule has 1 aromatic carbocycles. The van der Waals surface area contributed by atoms with E-state index in [1.54, 1.807) is 13.2 Å². The van der Waals surface area contributed by atoms with E-state index in [0.29, 0.717) is 0 Å². The standard InChI is InChI=1S/C15H17NO2/c1-18-14-8-6-12(7-9-14)10-16-11-13-4-2-3-5-15(13)17/h2-9,11,15-17H,10H2,1H3. The van der Waals surface area contributed by atoms with E-state index in [4.69, 9.17) is 4.74 Å². The third-order valence-corrected chi connectivity index (χ3v) is 2.77. The number of hydrogen-bond acceptors (Lipinski definition) is 3. The van der Waals surface area contributed by atoms with Crippen molar-refractivity contribution in [2.24, 2.45) is 0 Å². The van der Waals surface area contributed by atoms with Crippen LogP contribution in [0.5, 0.6) is 5.75 Å². The molecule has 2 rings (SSSR count). The van der Waals surface area contributed by atoms with E-state index in [1.807, 2.05) is 48.7 Å². The topological polar surface area (TPSA) is 41.5 Å². The van der Waals surface area contributed by atoms with Gasteiger partial charge in [-0.25, -0.2) is 0 Å². The van der Waals surface area contributed by atoms with Crippen molar-refractivity contribution < 1.29 is 9.84 Å². The van der Waals surface area contributed by atoms with E-state index in [2.05, 4.69) is 5.32 Å². The number of nitrogens with one attached hydrogen (secondary N) is 1. The lowest BCUT2D eigenvalue weighted by Gasteiger charge is -2.11.